The Morgan fingerprint density at radius 2 is 2.15 bits per heavy atom. The summed E-state index contributed by atoms with van der Waals surface area (Å²) in [6.07, 6.45) is 0. The SMILES string of the molecule is NC(=O)c1cc([N+](=O)[O-])ccc1NCCOCC(=O)O. The number of aliphatic carboxylic acids is 1. The van der Waals surface area contributed by atoms with Gasteiger partial charge in [0.2, 0.25) is 0 Å². The quantitative estimate of drug-likeness (QED) is 0.351. The van der Waals surface area contributed by atoms with Crippen LogP contribution in [-0.4, -0.2) is 41.7 Å². The molecule has 0 bridgehead atoms. The number of carboxylic acid groups (broad SMARTS) is 1. The third-order valence-electron chi connectivity index (χ3n) is 2.27. The van der Waals surface area contributed by atoms with Crippen molar-refractivity contribution in [3.05, 3.63) is 33.9 Å². The molecule has 1 rings (SSSR count). The number of nitrogens with one attached hydrogen (secondary N) is 1. The number of primary amides is 1. The number of carboxylic acids is 1. The maximum Gasteiger partial charge on any atom is 0.329 e. The second-order valence-corrected chi connectivity index (χ2v) is 3.72. The van der Waals surface area contributed by atoms with E-state index in [0.717, 1.165) is 6.07 Å². The lowest BCUT2D eigenvalue weighted by atomic mass is 10.1. The minimum Gasteiger partial charge on any atom is -0.480 e. The summed E-state index contributed by atoms with van der Waals surface area (Å²) in [6, 6.07) is 3.66. The van der Waals surface area contributed by atoms with E-state index in [0.29, 0.717) is 5.69 Å². The van der Waals surface area contributed by atoms with E-state index >= 15 is 0 Å². The number of carbonyl (C=O) groups excluding carboxylic acids is 1. The summed E-state index contributed by atoms with van der Waals surface area (Å²) >= 11 is 0. The van der Waals surface area contributed by atoms with Crippen molar-refractivity contribution < 1.29 is 24.4 Å². The fraction of sp³-hybridized carbons (Fsp3) is 0.273. The van der Waals surface area contributed by atoms with Crippen molar-refractivity contribution in [2.75, 3.05) is 25.1 Å². The highest BCUT2D eigenvalue weighted by atomic mass is 16.6. The van der Waals surface area contributed by atoms with Crippen LogP contribution in [0.4, 0.5) is 11.4 Å². The minimum atomic E-state index is -1.09. The number of nitro groups is 1. The summed E-state index contributed by atoms with van der Waals surface area (Å²) < 4.78 is 4.79. The molecular weight excluding hydrogens is 270 g/mol. The molecule has 0 aromatic heterocycles. The molecule has 0 unspecified atom stereocenters. The van der Waals surface area contributed by atoms with Crippen molar-refractivity contribution in [1.29, 1.82) is 0 Å². The average molecular weight is 283 g/mol. The zero-order valence-corrected chi connectivity index (χ0v) is 10.4. The van der Waals surface area contributed by atoms with E-state index in [1.54, 1.807) is 0 Å². The topological polar surface area (TPSA) is 145 Å². The van der Waals surface area contributed by atoms with Gasteiger partial charge in [-0.3, -0.25) is 14.9 Å². The Labute approximate surface area is 113 Å². The summed E-state index contributed by atoms with van der Waals surface area (Å²) in [5, 5.41) is 21.8. The molecule has 0 atom stereocenters. The molecule has 1 aromatic carbocycles. The molecule has 0 aliphatic heterocycles. The Morgan fingerprint density at radius 3 is 2.70 bits per heavy atom. The van der Waals surface area contributed by atoms with Crippen LogP contribution < -0.4 is 11.1 Å². The molecule has 0 fully saturated rings. The average Bonchev–Trinajstić information content (AvgIpc) is 2.37. The number of ether oxygens (including phenoxy) is 1. The Balaban J connectivity index is 2.67. The molecule has 0 radical (unpaired) electrons. The number of rotatable bonds is 8. The molecule has 1 amide bonds. The zero-order chi connectivity index (χ0) is 15.1. The van der Waals surface area contributed by atoms with Gasteiger partial charge in [0.15, 0.2) is 0 Å². The maximum absolute atomic E-state index is 11.2. The van der Waals surface area contributed by atoms with Gasteiger partial charge in [0.1, 0.15) is 6.61 Å². The monoisotopic (exact) mass is 283 g/mol. The highest BCUT2D eigenvalue weighted by Crippen LogP contribution is 2.21. The molecule has 9 heteroatoms. The van der Waals surface area contributed by atoms with Gasteiger partial charge in [-0.2, -0.15) is 0 Å². The van der Waals surface area contributed by atoms with Crippen LogP contribution in [0.3, 0.4) is 0 Å². The van der Waals surface area contributed by atoms with Crippen molar-refractivity contribution in [1.82, 2.24) is 0 Å². The highest BCUT2D eigenvalue weighted by Gasteiger charge is 2.14. The Bertz CT molecular complexity index is 531. The number of carbonyl (C=O) groups is 2. The number of hydrogen-bond acceptors (Lipinski definition) is 6. The number of nitrogens with zero attached hydrogens (tertiary/aromatic N) is 1. The first-order valence-corrected chi connectivity index (χ1v) is 5.53. The van der Waals surface area contributed by atoms with Crippen LogP contribution >= 0.6 is 0 Å². The molecule has 1 aromatic rings. The van der Waals surface area contributed by atoms with Crippen molar-refractivity contribution in [3.8, 4) is 0 Å². The molecule has 0 saturated carbocycles. The lowest BCUT2D eigenvalue weighted by Crippen LogP contribution is -2.18. The number of anilines is 1. The van der Waals surface area contributed by atoms with Crippen LogP contribution in [0, 0.1) is 10.1 Å². The molecule has 0 spiro atoms. The number of amides is 1. The van der Waals surface area contributed by atoms with E-state index in [9.17, 15) is 19.7 Å². The van der Waals surface area contributed by atoms with Crippen molar-refractivity contribution in [3.63, 3.8) is 0 Å². The lowest BCUT2D eigenvalue weighted by Gasteiger charge is -2.09. The normalized spacial score (nSPS) is 10.0. The second-order valence-electron chi connectivity index (χ2n) is 3.72. The van der Waals surface area contributed by atoms with Crippen LogP contribution in [0.5, 0.6) is 0 Å². The van der Waals surface area contributed by atoms with E-state index in [4.69, 9.17) is 15.6 Å². The lowest BCUT2D eigenvalue weighted by molar-refractivity contribution is -0.384. The Hall–Kier alpha value is -2.68. The Morgan fingerprint density at radius 1 is 1.45 bits per heavy atom. The van der Waals surface area contributed by atoms with E-state index in [1.807, 2.05) is 0 Å². The van der Waals surface area contributed by atoms with Gasteiger partial charge in [0, 0.05) is 24.4 Å². The van der Waals surface area contributed by atoms with E-state index in [2.05, 4.69) is 5.32 Å². The van der Waals surface area contributed by atoms with Gasteiger partial charge in [-0.1, -0.05) is 0 Å². The van der Waals surface area contributed by atoms with E-state index in [1.165, 1.54) is 12.1 Å². The smallest absolute Gasteiger partial charge is 0.329 e. The van der Waals surface area contributed by atoms with Gasteiger partial charge >= 0.3 is 5.97 Å². The van der Waals surface area contributed by atoms with E-state index < -0.39 is 23.4 Å². The van der Waals surface area contributed by atoms with Gasteiger partial charge in [0.25, 0.3) is 11.6 Å². The van der Waals surface area contributed by atoms with Gasteiger partial charge in [-0.25, -0.2) is 4.79 Å². The fourth-order valence-corrected chi connectivity index (χ4v) is 1.42. The molecule has 108 valence electrons. The molecule has 9 nitrogen and oxygen atoms in total. The van der Waals surface area contributed by atoms with Crippen LogP contribution in [0.1, 0.15) is 10.4 Å². The van der Waals surface area contributed by atoms with Crippen molar-refractivity contribution in [2.24, 2.45) is 5.73 Å². The van der Waals surface area contributed by atoms with Crippen LogP contribution in [0.25, 0.3) is 0 Å². The predicted octanol–water partition coefficient (Wildman–Crippen LogP) is 0.207. The first kappa shape index (κ1) is 15.4. The van der Waals surface area contributed by atoms with Crippen molar-refractivity contribution >= 4 is 23.3 Å². The van der Waals surface area contributed by atoms with Gasteiger partial charge in [-0.05, 0) is 6.07 Å². The summed E-state index contributed by atoms with van der Waals surface area (Å²) in [4.78, 5) is 31.4. The highest BCUT2D eigenvalue weighted by molar-refractivity contribution is 5.99. The Kier molecular flexibility index (Phi) is 5.42. The molecule has 20 heavy (non-hydrogen) atoms. The number of hydrogen-bond donors (Lipinski definition) is 3. The third-order valence-corrected chi connectivity index (χ3v) is 2.27. The first-order chi connectivity index (χ1) is 9.41. The summed E-state index contributed by atoms with van der Waals surface area (Å²) in [5.74, 6) is -1.89. The summed E-state index contributed by atoms with van der Waals surface area (Å²) in [5.41, 5.74) is 5.20. The minimum absolute atomic E-state index is 0.0163. The van der Waals surface area contributed by atoms with Crippen molar-refractivity contribution in [2.45, 2.75) is 0 Å². The molecule has 0 heterocycles. The molecule has 0 aliphatic rings. The maximum atomic E-state index is 11.2. The number of nitrogens with two attached hydrogens (primary N) is 1. The fourth-order valence-electron chi connectivity index (χ4n) is 1.42. The van der Waals surface area contributed by atoms with Gasteiger partial charge in [0.05, 0.1) is 17.1 Å². The predicted molar refractivity (Wildman–Crippen MR) is 68.6 cm³/mol. The van der Waals surface area contributed by atoms with Gasteiger partial charge < -0.3 is 20.9 Å². The third kappa shape index (κ3) is 4.53. The summed E-state index contributed by atoms with van der Waals surface area (Å²) in [6.45, 7) is -0.0997. The van der Waals surface area contributed by atoms with Gasteiger partial charge in [-0.15, -0.1) is 0 Å². The zero-order valence-electron chi connectivity index (χ0n) is 10.4. The summed E-state index contributed by atoms with van der Waals surface area (Å²) in [7, 11) is 0. The standard InChI is InChI=1S/C11H13N3O6/c12-11(17)8-5-7(14(18)19)1-2-9(8)13-3-4-20-6-10(15)16/h1-2,5,13H,3-4,6H2,(H2,12,17)(H,15,16). The van der Waals surface area contributed by atoms with Crippen LogP contribution in [0.15, 0.2) is 18.2 Å². The number of benzene rings is 1. The van der Waals surface area contributed by atoms with E-state index in [-0.39, 0.29) is 24.4 Å². The number of nitro benzene ring substituents is 1. The molecule has 0 saturated heterocycles. The number of non-ortho nitro benzene ring substituents is 1. The molecule has 4 N–H and O–H groups in total. The second kappa shape index (κ2) is 7.04. The molecular formula is C11H13N3O6. The molecule has 0 aliphatic carbocycles. The van der Waals surface area contributed by atoms with Crippen LogP contribution in [-0.2, 0) is 9.53 Å². The first-order valence-electron chi connectivity index (χ1n) is 5.53. The van der Waals surface area contributed by atoms with Crippen LogP contribution in [0.2, 0.25) is 0 Å². The largest absolute Gasteiger partial charge is 0.480 e.